The van der Waals surface area contributed by atoms with Crippen LogP contribution in [0.3, 0.4) is 0 Å². The van der Waals surface area contributed by atoms with E-state index in [4.69, 9.17) is 14.6 Å². The number of carbonyl (C=O) groups is 2. The minimum absolute atomic E-state index is 0.191. The molecule has 1 heterocycles. The van der Waals surface area contributed by atoms with E-state index < -0.39 is 12.0 Å². The van der Waals surface area contributed by atoms with Gasteiger partial charge in [-0.2, -0.15) is 0 Å². The largest absolute Gasteiger partial charge is 0.493 e. The molecule has 0 radical (unpaired) electrons. The first kappa shape index (κ1) is 15.2. The molecule has 1 fully saturated rings. The van der Waals surface area contributed by atoms with Crippen molar-refractivity contribution in [1.82, 2.24) is 4.90 Å². The molecule has 1 aliphatic heterocycles. The molecule has 1 aromatic carbocycles. The number of carboxylic acid groups (broad SMARTS) is 1. The maximum Gasteiger partial charge on any atom is 0.326 e. The van der Waals surface area contributed by atoms with E-state index in [0.29, 0.717) is 30.9 Å². The van der Waals surface area contributed by atoms with Gasteiger partial charge in [-0.1, -0.05) is 6.07 Å². The first-order valence-electron chi connectivity index (χ1n) is 6.82. The molecule has 1 aromatic rings. The molecule has 0 unspecified atom stereocenters. The summed E-state index contributed by atoms with van der Waals surface area (Å²) in [7, 11) is 1.53. The molecular weight excluding hydrogens is 274 g/mol. The summed E-state index contributed by atoms with van der Waals surface area (Å²) in [6.45, 7) is 2.20. The molecule has 2 rings (SSSR count). The monoisotopic (exact) mass is 293 g/mol. The number of benzene rings is 1. The van der Waals surface area contributed by atoms with Crippen LogP contribution in [0.15, 0.2) is 18.2 Å². The van der Waals surface area contributed by atoms with E-state index in [2.05, 4.69) is 0 Å². The normalized spacial score (nSPS) is 17.6. The van der Waals surface area contributed by atoms with E-state index in [1.807, 2.05) is 19.1 Å². The number of hydrogen-bond donors (Lipinski definition) is 1. The van der Waals surface area contributed by atoms with Crippen LogP contribution in [0.1, 0.15) is 18.4 Å². The van der Waals surface area contributed by atoms with Crippen LogP contribution in [0, 0.1) is 6.92 Å². The van der Waals surface area contributed by atoms with Crippen molar-refractivity contribution in [2.75, 3.05) is 20.3 Å². The highest BCUT2D eigenvalue weighted by Crippen LogP contribution is 2.28. The van der Waals surface area contributed by atoms with Crippen LogP contribution in [0.5, 0.6) is 11.5 Å². The molecule has 0 saturated carbocycles. The van der Waals surface area contributed by atoms with Crippen LogP contribution in [0.4, 0.5) is 0 Å². The number of aliphatic carboxylic acids is 1. The van der Waals surface area contributed by atoms with Gasteiger partial charge in [0.2, 0.25) is 0 Å². The van der Waals surface area contributed by atoms with Crippen molar-refractivity contribution in [2.24, 2.45) is 0 Å². The smallest absolute Gasteiger partial charge is 0.326 e. The minimum atomic E-state index is -0.964. The van der Waals surface area contributed by atoms with Gasteiger partial charge >= 0.3 is 5.97 Å². The molecule has 6 nitrogen and oxygen atoms in total. The predicted molar refractivity (Wildman–Crippen MR) is 75.6 cm³/mol. The van der Waals surface area contributed by atoms with Crippen molar-refractivity contribution in [1.29, 1.82) is 0 Å². The van der Waals surface area contributed by atoms with Gasteiger partial charge < -0.3 is 19.5 Å². The average Bonchev–Trinajstić information content (AvgIpc) is 2.95. The molecule has 1 atom stereocenters. The third-order valence-electron chi connectivity index (χ3n) is 3.53. The number of hydrogen-bond acceptors (Lipinski definition) is 4. The van der Waals surface area contributed by atoms with Crippen molar-refractivity contribution in [3.8, 4) is 11.5 Å². The maximum absolute atomic E-state index is 12.1. The molecule has 0 aromatic heterocycles. The predicted octanol–water partition coefficient (Wildman–Crippen LogP) is 1.46. The molecule has 1 N–H and O–H groups in total. The lowest BCUT2D eigenvalue weighted by atomic mass is 10.2. The van der Waals surface area contributed by atoms with Gasteiger partial charge in [0.15, 0.2) is 18.1 Å². The Bertz CT molecular complexity index is 543. The van der Waals surface area contributed by atoms with E-state index in [9.17, 15) is 9.59 Å². The van der Waals surface area contributed by atoms with E-state index >= 15 is 0 Å². The first-order valence-corrected chi connectivity index (χ1v) is 6.82. The first-order chi connectivity index (χ1) is 10.0. The van der Waals surface area contributed by atoms with Gasteiger partial charge in [-0.15, -0.1) is 0 Å². The Balaban J connectivity index is 1.99. The molecule has 0 bridgehead atoms. The molecule has 114 valence electrons. The van der Waals surface area contributed by atoms with Crippen molar-refractivity contribution >= 4 is 11.9 Å². The molecule has 0 spiro atoms. The molecule has 21 heavy (non-hydrogen) atoms. The van der Waals surface area contributed by atoms with Gasteiger partial charge in [-0.05, 0) is 37.5 Å². The van der Waals surface area contributed by atoms with Gasteiger partial charge in [-0.3, -0.25) is 4.79 Å². The molecule has 6 heteroatoms. The van der Waals surface area contributed by atoms with Crippen molar-refractivity contribution in [2.45, 2.75) is 25.8 Å². The second-order valence-electron chi connectivity index (χ2n) is 5.03. The zero-order chi connectivity index (χ0) is 15.4. The fraction of sp³-hybridized carbons (Fsp3) is 0.467. The summed E-state index contributed by atoms with van der Waals surface area (Å²) in [5.41, 5.74) is 1.02. The molecule has 0 aliphatic carbocycles. The second-order valence-corrected chi connectivity index (χ2v) is 5.03. The van der Waals surface area contributed by atoms with E-state index in [0.717, 1.165) is 5.56 Å². The summed E-state index contributed by atoms with van der Waals surface area (Å²) in [6.07, 6.45) is 1.20. The van der Waals surface area contributed by atoms with Gasteiger partial charge in [0.05, 0.1) is 7.11 Å². The highest BCUT2D eigenvalue weighted by molar-refractivity contribution is 5.85. The number of methoxy groups -OCH3 is 1. The zero-order valence-corrected chi connectivity index (χ0v) is 12.2. The highest BCUT2D eigenvalue weighted by atomic mass is 16.5. The number of likely N-dealkylation sites (tertiary alicyclic amines) is 1. The van der Waals surface area contributed by atoms with Gasteiger partial charge in [0.1, 0.15) is 6.04 Å². The lowest BCUT2D eigenvalue weighted by Gasteiger charge is -2.21. The maximum atomic E-state index is 12.1. The summed E-state index contributed by atoms with van der Waals surface area (Å²) in [5.74, 6) is -0.252. The van der Waals surface area contributed by atoms with Crippen LogP contribution >= 0.6 is 0 Å². The van der Waals surface area contributed by atoms with Crippen LogP contribution < -0.4 is 9.47 Å². The van der Waals surface area contributed by atoms with E-state index in [-0.39, 0.29) is 12.5 Å². The molecular formula is C15H19NO5. The lowest BCUT2D eigenvalue weighted by molar-refractivity contribution is -0.149. The summed E-state index contributed by atoms with van der Waals surface area (Å²) in [5, 5.41) is 9.08. The Morgan fingerprint density at radius 2 is 2.14 bits per heavy atom. The Labute approximate surface area is 123 Å². The van der Waals surface area contributed by atoms with Gasteiger partial charge in [-0.25, -0.2) is 4.79 Å². The zero-order valence-electron chi connectivity index (χ0n) is 12.2. The minimum Gasteiger partial charge on any atom is -0.493 e. The Morgan fingerprint density at radius 1 is 1.38 bits per heavy atom. The van der Waals surface area contributed by atoms with E-state index in [1.165, 1.54) is 12.0 Å². The topological polar surface area (TPSA) is 76.1 Å². The highest BCUT2D eigenvalue weighted by Gasteiger charge is 2.34. The Kier molecular flexibility index (Phi) is 4.67. The Hall–Kier alpha value is -2.24. The SMILES string of the molecule is COc1cc(C)ccc1OCC(=O)N1CCC[C@H]1C(=O)O. The van der Waals surface area contributed by atoms with Crippen LogP contribution in [0.25, 0.3) is 0 Å². The number of ether oxygens (including phenoxy) is 2. The number of amides is 1. The van der Waals surface area contributed by atoms with Gasteiger partial charge in [0, 0.05) is 6.54 Å². The second kappa shape index (κ2) is 6.47. The number of aryl methyl sites for hydroxylation is 1. The summed E-state index contributed by atoms with van der Waals surface area (Å²) < 4.78 is 10.7. The van der Waals surface area contributed by atoms with Crippen molar-refractivity contribution in [3.63, 3.8) is 0 Å². The third kappa shape index (κ3) is 3.45. The summed E-state index contributed by atoms with van der Waals surface area (Å²) >= 11 is 0. The molecule has 1 saturated heterocycles. The van der Waals surface area contributed by atoms with Crippen molar-refractivity contribution in [3.05, 3.63) is 23.8 Å². The van der Waals surface area contributed by atoms with Crippen LogP contribution in [-0.4, -0.2) is 48.2 Å². The van der Waals surface area contributed by atoms with Gasteiger partial charge in [0.25, 0.3) is 5.91 Å². The van der Waals surface area contributed by atoms with E-state index in [1.54, 1.807) is 6.07 Å². The summed E-state index contributed by atoms with van der Waals surface area (Å²) in [6, 6.07) is 4.68. The fourth-order valence-electron chi connectivity index (χ4n) is 2.44. The average molecular weight is 293 g/mol. The fourth-order valence-corrected chi connectivity index (χ4v) is 2.44. The van der Waals surface area contributed by atoms with Crippen molar-refractivity contribution < 1.29 is 24.2 Å². The third-order valence-corrected chi connectivity index (χ3v) is 3.53. The van der Waals surface area contributed by atoms with Crippen LogP contribution in [0.2, 0.25) is 0 Å². The van der Waals surface area contributed by atoms with Crippen LogP contribution in [-0.2, 0) is 9.59 Å². The number of carbonyl (C=O) groups excluding carboxylic acids is 1. The quantitative estimate of drug-likeness (QED) is 0.889. The number of carboxylic acids is 1. The standard InChI is InChI=1S/C15H19NO5/c1-10-5-6-12(13(8-10)20-2)21-9-14(17)16-7-3-4-11(16)15(18)19/h5-6,8,11H,3-4,7,9H2,1-2H3,(H,18,19)/t11-/m0/s1. The molecule has 1 aliphatic rings. The molecule has 1 amide bonds. The summed E-state index contributed by atoms with van der Waals surface area (Å²) in [4.78, 5) is 24.5. The Morgan fingerprint density at radius 3 is 2.81 bits per heavy atom. The number of nitrogens with zero attached hydrogens (tertiary/aromatic N) is 1. The number of rotatable bonds is 5. The lowest BCUT2D eigenvalue weighted by Crippen LogP contribution is -2.42.